The summed E-state index contributed by atoms with van der Waals surface area (Å²) in [5.41, 5.74) is 28.1. The first-order chi connectivity index (χ1) is 60.2. The fourth-order valence-corrected chi connectivity index (χ4v) is 17.7. The van der Waals surface area contributed by atoms with Crippen LogP contribution in [0.4, 0.5) is 22.7 Å². The van der Waals surface area contributed by atoms with E-state index in [9.17, 15) is 0 Å². The zero-order valence-electron chi connectivity index (χ0n) is 66.4. The van der Waals surface area contributed by atoms with Crippen molar-refractivity contribution in [2.24, 2.45) is 0 Å². The second-order valence-electron chi connectivity index (χ2n) is 30.6. The average molecular weight is 1710 g/mol. The number of furan rings is 3. The predicted molar refractivity (Wildman–Crippen MR) is 531 cm³/mol. The summed E-state index contributed by atoms with van der Waals surface area (Å²) in [7, 11) is 0. The number of fused-ring (bicyclic) bond motifs is 18. The second-order valence-corrected chi connectivity index (χ2v) is 32.4. The molecule has 0 atom stereocenters. The fourth-order valence-electron chi connectivity index (χ4n) is 17.1. The monoisotopic (exact) mass is 1710 g/mol. The predicted octanol–water partition coefficient (Wildman–Crippen LogP) is 34.5. The summed E-state index contributed by atoms with van der Waals surface area (Å²) in [5, 5.41) is 21.9. The minimum absolute atomic E-state index is 0. The van der Waals surface area contributed by atoms with E-state index >= 15 is 0 Å². The summed E-state index contributed by atoms with van der Waals surface area (Å²) >= 11 is 6.90. The van der Waals surface area contributed by atoms with E-state index in [0.29, 0.717) is 0 Å². The summed E-state index contributed by atoms with van der Waals surface area (Å²) in [5.74, 6) is 0. The zero-order valence-corrected chi connectivity index (χ0v) is 69.6. The summed E-state index contributed by atoms with van der Waals surface area (Å²) < 4.78 is 20.3. The van der Waals surface area contributed by atoms with Crippen molar-refractivity contribution in [3.63, 3.8) is 0 Å². The quantitative estimate of drug-likeness (QED) is 0.115. The highest BCUT2D eigenvalue weighted by atomic mass is 79.9. The van der Waals surface area contributed by atoms with Crippen molar-refractivity contribution in [3.8, 4) is 44.5 Å². The largest absolute Gasteiger partial charge is 0.456 e. The van der Waals surface area contributed by atoms with E-state index in [2.05, 4.69) is 401 Å². The standard InChI is InChI=1S/C44H29NO.C27H18O.C18H13Br.C14H11N.C12H7BrO.CH4/c1-2-11-30(12-3-1)32-14-10-15-33(27-32)31-21-23-35(24-22-31)45(36-25-26-41-40-19-8-9-20-43(40)46-44(41)29-36)42-28-34-13-4-5-16-37(34)38-17-6-7-18-39(38)42;1-2-8-21-19(7-1)17-20(22-9-3-4-10-23(21)22)15-18-13-14-25-24-11-5-6-12-26(24)28-27(25)16-18;19-18-11-9-15(10-12-18)17-8-4-7-16(13-17)14-5-2-1-3-6-14;15-14-9-10-5-1-2-6-11(10)12-7-3-4-8-13(12)14;13-8-5-6-10-9-3-1-2-4-11(9)14-12(10)7-8;/h1-29H;1-14,16-17H,15H2;1-13H;1-9H,15H2;1-7H;1H4. The van der Waals surface area contributed by atoms with Gasteiger partial charge < -0.3 is 23.9 Å². The number of nitrogens with zero attached hydrogens (tertiary/aromatic N) is 1. The third-order valence-corrected chi connectivity index (χ3v) is 24.0. The molecule has 0 aliphatic carbocycles. The first-order valence-electron chi connectivity index (χ1n) is 41.0. The number of hydrogen-bond acceptors (Lipinski definition) is 5. The fraction of sp³-hybridized carbons (Fsp3) is 0.0172. The molecule has 0 saturated carbocycles. The van der Waals surface area contributed by atoms with Crippen molar-refractivity contribution >= 4 is 185 Å². The Bertz CT molecular complexity index is 7970. The number of hydrogen-bond donors (Lipinski definition) is 1. The molecule has 21 aromatic carbocycles. The maximum absolute atomic E-state index is 6.37. The van der Waals surface area contributed by atoms with Crippen molar-refractivity contribution in [1.29, 1.82) is 0 Å². The minimum Gasteiger partial charge on any atom is -0.456 e. The highest BCUT2D eigenvalue weighted by Gasteiger charge is 2.21. The molecule has 2 N–H and O–H groups in total. The Labute approximate surface area is 730 Å². The van der Waals surface area contributed by atoms with Gasteiger partial charge in [-0.05, 0) is 219 Å². The average Bonchev–Trinajstić information content (AvgIpc) is 1.72. The molecule has 0 fully saturated rings. The molecule has 0 bridgehead atoms. The molecule has 123 heavy (non-hydrogen) atoms. The molecule has 0 unspecified atom stereocenters. The number of halogens is 2. The number of anilines is 4. The molecule has 0 aliphatic heterocycles. The molecule has 588 valence electrons. The Kier molecular flexibility index (Phi) is 22.1. The maximum atomic E-state index is 6.37. The molecule has 0 radical (unpaired) electrons. The van der Waals surface area contributed by atoms with E-state index in [4.69, 9.17) is 19.0 Å². The Balaban J connectivity index is 0.000000110. The molecular formula is C116H82Br2N2O3. The van der Waals surface area contributed by atoms with Crippen LogP contribution in [0.15, 0.2) is 471 Å². The third kappa shape index (κ3) is 16.1. The lowest BCUT2D eigenvalue weighted by atomic mass is 9.93. The van der Waals surface area contributed by atoms with Crippen LogP contribution in [0.5, 0.6) is 0 Å². The van der Waals surface area contributed by atoms with Crippen molar-refractivity contribution < 1.29 is 13.3 Å². The van der Waals surface area contributed by atoms with Crippen molar-refractivity contribution in [2.45, 2.75) is 13.8 Å². The molecule has 7 heteroatoms. The van der Waals surface area contributed by atoms with E-state index in [1.807, 2.05) is 84.9 Å². The minimum atomic E-state index is 0. The smallest absolute Gasteiger partial charge is 0.137 e. The maximum Gasteiger partial charge on any atom is 0.137 e. The van der Waals surface area contributed by atoms with Gasteiger partial charge in [0.2, 0.25) is 0 Å². The van der Waals surface area contributed by atoms with Gasteiger partial charge in [0.15, 0.2) is 0 Å². The van der Waals surface area contributed by atoms with Gasteiger partial charge in [-0.2, -0.15) is 0 Å². The lowest BCUT2D eigenvalue weighted by Gasteiger charge is -2.27. The number of nitrogen functional groups attached to an aromatic ring is 1. The second kappa shape index (κ2) is 34.8. The van der Waals surface area contributed by atoms with E-state index in [1.165, 1.54) is 136 Å². The summed E-state index contributed by atoms with van der Waals surface area (Å²) in [6, 6.07) is 158. The normalized spacial score (nSPS) is 11.2. The first kappa shape index (κ1) is 78.0. The van der Waals surface area contributed by atoms with Gasteiger partial charge in [-0.3, -0.25) is 0 Å². The molecule has 0 aliphatic rings. The number of para-hydroxylation sites is 3. The zero-order chi connectivity index (χ0) is 81.8. The van der Waals surface area contributed by atoms with Gasteiger partial charge >= 0.3 is 0 Å². The summed E-state index contributed by atoms with van der Waals surface area (Å²) in [4.78, 5) is 2.37. The molecule has 0 spiro atoms. The SMILES string of the molecule is Brc1ccc(-c2cccc(-c3ccccc3)c2)cc1.Brc1ccc2c(c1)oc1ccccc12.C.Nc1cc2ccccc2c2ccccc12.c1ccc(-c2cccc(-c3ccc(N(c4ccc5c(c4)oc4ccccc45)c4cc5ccccc5c5ccccc45)cc3)c2)cc1.c1ccc2c(c1)cc(Cc1ccc3c(c1)oc1ccccc13)c1ccccc12. The van der Waals surface area contributed by atoms with Crippen LogP contribution in [0.2, 0.25) is 0 Å². The summed E-state index contributed by atoms with van der Waals surface area (Å²) in [6.07, 6.45) is 0.887. The van der Waals surface area contributed by atoms with Gasteiger partial charge in [-0.1, -0.05) is 379 Å². The highest BCUT2D eigenvalue weighted by molar-refractivity contribution is 9.10. The van der Waals surface area contributed by atoms with E-state index in [1.54, 1.807) is 0 Å². The van der Waals surface area contributed by atoms with E-state index in [-0.39, 0.29) is 7.43 Å². The van der Waals surface area contributed by atoms with E-state index < -0.39 is 0 Å². The van der Waals surface area contributed by atoms with Crippen LogP contribution in [-0.4, -0.2) is 0 Å². The number of nitrogens with two attached hydrogens (primary N) is 1. The van der Waals surface area contributed by atoms with Crippen LogP contribution < -0.4 is 10.6 Å². The molecule has 3 aromatic heterocycles. The van der Waals surface area contributed by atoms with Crippen molar-refractivity contribution in [1.82, 2.24) is 0 Å². The molecule has 0 saturated heterocycles. The lowest BCUT2D eigenvalue weighted by Crippen LogP contribution is -2.10. The van der Waals surface area contributed by atoms with Crippen molar-refractivity contribution in [2.75, 3.05) is 10.6 Å². The van der Waals surface area contributed by atoms with Gasteiger partial charge in [-0.25, -0.2) is 0 Å². The Morgan fingerprint density at radius 3 is 1.06 bits per heavy atom. The Morgan fingerprint density at radius 1 is 0.211 bits per heavy atom. The Hall–Kier alpha value is -14.9. The lowest BCUT2D eigenvalue weighted by molar-refractivity contribution is 0.668. The van der Waals surface area contributed by atoms with Crippen LogP contribution in [0, 0.1) is 0 Å². The highest BCUT2D eigenvalue weighted by Crippen LogP contribution is 2.45. The molecule has 0 amide bonds. The van der Waals surface area contributed by atoms with Gasteiger partial charge in [-0.15, -0.1) is 0 Å². The van der Waals surface area contributed by atoms with Gasteiger partial charge in [0, 0.05) is 75.2 Å². The Morgan fingerprint density at radius 2 is 0.545 bits per heavy atom. The van der Waals surface area contributed by atoms with Gasteiger partial charge in [0.1, 0.15) is 33.5 Å². The van der Waals surface area contributed by atoms with Crippen LogP contribution in [0.1, 0.15) is 18.6 Å². The molecular weight excluding hydrogens is 1630 g/mol. The molecule has 24 rings (SSSR count). The number of rotatable bonds is 9. The van der Waals surface area contributed by atoms with Gasteiger partial charge in [0.25, 0.3) is 0 Å². The van der Waals surface area contributed by atoms with E-state index in [0.717, 1.165) is 87.8 Å². The molecule has 24 aromatic rings. The van der Waals surface area contributed by atoms with Crippen LogP contribution in [0.25, 0.3) is 175 Å². The van der Waals surface area contributed by atoms with Crippen LogP contribution in [0.3, 0.4) is 0 Å². The van der Waals surface area contributed by atoms with Gasteiger partial charge in [0.05, 0.1) is 5.69 Å². The van der Waals surface area contributed by atoms with Crippen LogP contribution in [-0.2, 0) is 6.42 Å². The molecule has 3 heterocycles. The first-order valence-corrected chi connectivity index (χ1v) is 42.6. The number of benzene rings is 21. The topological polar surface area (TPSA) is 68.7 Å². The van der Waals surface area contributed by atoms with Crippen molar-refractivity contribution in [3.05, 3.63) is 469 Å². The molecule has 5 nitrogen and oxygen atoms in total. The third-order valence-electron chi connectivity index (χ3n) is 23.0. The summed E-state index contributed by atoms with van der Waals surface area (Å²) in [6.45, 7) is 0. The van der Waals surface area contributed by atoms with Crippen LogP contribution >= 0.6 is 31.9 Å².